The van der Waals surface area contributed by atoms with E-state index < -0.39 is 17.6 Å². The quantitative estimate of drug-likeness (QED) is 0.277. The van der Waals surface area contributed by atoms with Crippen molar-refractivity contribution in [3.8, 4) is 11.6 Å². The molecule has 192 valence electrons. The Labute approximate surface area is 205 Å². The molecule has 0 amide bonds. The number of methoxy groups -OCH3 is 1. The molecular formula is C27H34F4N2O2. The SMILES string of the molecule is C\C=C(F)/C(=C\C(=C\CC)C(F)(F)F)C(/C=C1/C(Oc2ccc(OC)nc2)CCCN1C)=C(C)C. The van der Waals surface area contributed by atoms with Gasteiger partial charge in [-0.25, -0.2) is 9.37 Å². The van der Waals surface area contributed by atoms with Gasteiger partial charge in [0.15, 0.2) is 0 Å². The summed E-state index contributed by atoms with van der Waals surface area (Å²) in [6, 6.07) is 3.43. The standard InChI is InChI=1S/C27H34F4N2O2/c1-7-10-19(27(29,30)31)15-22(23(28)8-2)21(18(3)4)16-24-25(11-9-14-33(24)5)35-20-12-13-26(34-6)32-17-20/h8,10,12-13,15-17,25H,7,9,11,14H2,1-6H3/b19-10-,22-15-,23-8+,24-16-. The van der Waals surface area contributed by atoms with Crippen molar-refractivity contribution in [2.75, 3.05) is 20.7 Å². The van der Waals surface area contributed by atoms with Gasteiger partial charge in [-0.05, 0) is 63.8 Å². The number of hydrogen-bond acceptors (Lipinski definition) is 4. The Morgan fingerprint density at radius 3 is 2.49 bits per heavy atom. The fraction of sp³-hybridized carbons (Fsp3) is 0.444. The van der Waals surface area contributed by atoms with Crippen LogP contribution in [0.2, 0.25) is 0 Å². The Morgan fingerprint density at radius 1 is 1.26 bits per heavy atom. The van der Waals surface area contributed by atoms with Gasteiger partial charge < -0.3 is 14.4 Å². The van der Waals surface area contributed by atoms with Gasteiger partial charge in [0, 0.05) is 25.2 Å². The molecule has 0 aromatic carbocycles. The Bertz CT molecular complexity index is 1010. The molecule has 0 N–H and O–H groups in total. The van der Waals surface area contributed by atoms with E-state index in [0.717, 1.165) is 30.8 Å². The van der Waals surface area contributed by atoms with E-state index >= 15 is 4.39 Å². The number of allylic oxidation sites excluding steroid dienone is 9. The molecule has 1 fully saturated rings. The second kappa shape index (κ2) is 12.6. The van der Waals surface area contributed by atoms with Crippen LogP contribution in [0, 0.1) is 0 Å². The van der Waals surface area contributed by atoms with E-state index in [1.165, 1.54) is 20.1 Å². The van der Waals surface area contributed by atoms with Crippen molar-refractivity contribution in [2.24, 2.45) is 0 Å². The van der Waals surface area contributed by atoms with Crippen molar-refractivity contribution in [1.29, 1.82) is 0 Å². The molecular weight excluding hydrogens is 460 g/mol. The van der Waals surface area contributed by atoms with E-state index in [0.29, 0.717) is 29.2 Å². The lowest BCUT2D eigenvalue weighted by molar-refractivity contribution is -0.0884. The molecule has 2 rings (SSSR count). The van der Waals surface area contributed by atoms with Gasteiger partial charge in [0.2, 0.25) is 5.88 Å². The number of piperidine rings is 1. The topological polar surface area (TPSA) is 34.6 Å². The number of rotatable bonds is 8. The first-order chi connectivity index (χ1) is 16.5. The molecule has 0 spiro atoms. The Balaban J connectivity index is 2.58. The van der Waals surface area contributed by atoms with Gasteiger partial charge in [-0.2, -0.15) is 13.2 Å². The average Bonchev–Trinajstić information content (AvgIpc) is 2.81. The third-order valence-corrected chi connectivity index (χ3v) is 5.61. The van der Waals surface area contributed by atoms with E-state index in [1.54, 1.807) is 45.2 Å². The summed E-state index contributed by atoms with van der Waals surface area (Å²) in [5.74, 6) is 0.272. The predicted molar refractivity (Wildman–Crippen MR) is 131 cm³/mol. The highest BCUT2D eigenvalue weighted by Crippen LogP contribution is 2.35. The Morgan fingerprint density at radius 2 is 1.97 bits per heavy atom. The molecule has 0 saturated carbocycles. The van der Waals surface area contributed by atoms with Crippen molar-refractivity contribution in [3.05, 3.63) is 76.4 Å². The summed E-state index contributed by atoms with van der Waals surface area (Å²) in [7, 11) is 3.42. The molecule has 4 nitrogen and oxygen atoms in total. The van der Waals surface area contributed by atoms with Gasteiger partial charge in [0.1, 0.15) is 17.7 Å². The number of alkyl halides is 3. The molecule has 2 heterocycles. The van der Waals surface area contributed by atoms with Gasteiger partial charge in [0.05, 0.1) is 24.6 Å². The summed E-state index contributed by atoms with van der Waals surface area (Å²) >= 11 is 0. The van der Waals surface area contributed by atoms with Crippen molar-refractivity contribution < 1.29 is 27.0 Å². The zero-order chi connectivity index (χ0) is 26.2. The number of pyridine rings is 1. The lowest BCUT2D eigenvalue weighted by Gasteiger charge is -2.35. The van der Waals surface area contributed by atoms with Crippen molar-refractivity contribution in [2.45, 2.75) is 59.2 Å². The second-order valence-electron chi connectivity index (χ2n) is 8.45. The Hall–Kier alpha value is -3.03. The van der Waals surface area contributed by atoms with Gasteiger partial charge in [-0.1, -0.05) is 24.6 Å². The minimum Gasteiger partial charge on any atom is -0.483 e. The van der Waals surface area contributed by atoms with E-state index in [1.807, 2.05) is 11.9 Å². The lowest BCUT2D eigenvalue weighted by atomic mass is 9.93. The summed E-state index contributed by atoms with van der Waals surface area (Å²) < 4.78 is 67.3. The summed E-state index contributed by atoms with van der Waals surface area (Å²) in [6.07, 6.45) is 3.21. The average molecular weight is 495 g/mol. The first kappa shape index (κ1) is 28.2. The number of ether oxygens (including phenoxy) is 2. The fourth-order valence-corrected chi connectivity index (χ4v) is 3.78. The molecule has 1 unspecified atom stereocenters. The molecule has 1 atom stereocenters. The molecule has 0 bridgehead atoms. The third kappa shape index (κ3) is 7.73. The maximum atomic E-state index is 15.0. The minimum atomic E-state index is -4.59. The normalized spacial score (nSPS) is 19.1. The van der Waals surface area contributed by atoms with E-state index in [2.05, 4.69) is 4.98 Å². The molecule has 0 aliphatic carbocycles. The molecule has 1 saturated heterocycles. The number of likely N-dealkylation sites (N-methyl/N-ethyl adjacent to an activating group) is 1. The molecule has 8 heteroatoms. The number of likely N-dealkylation sites (tertiary alicyclic amines) is 1. The van der Waals surface area contributed by atoms with E-state index in [9.17, 15) is 13.2 Å². The summed E-state index contributed by atoms with van der Waals surface area (Å²) in [5, 5.41) is 0. The van der Waals surface area contributed by atoms with Crippen LogP contribution in [-0.4, -0.2) is 42.9 Å². The van der Waals surface area contributed by atoms with Crippen molar-refractivity contribution in [3.63, 3.8) is 0 Å². The molecule has 1 aromatic rings. The van der Waals surface area contributed by atoms with Crippen LogP contribution < -0.4 is 9.47 Å². The largest absolute Gasteiger partial charge is 0.483 e. The zero-order valence-electron chi connectivity index (χ0n) is 21.2. The highest BCUT2D eigenvalue weighted by atomic mass is 19.4. The Kier molecular flexibility index (Phi) is 10.2. The van der Waals surface area contributed by atoms with Crippen LogP contribution in [0.5, 0.6) is 11.6 Å². The van der Waals surface area contributed by atoms with E-state index in [-0.39, 0.29) is 18.1 Å². The number of halogens is 4. The van der Waals surface area contributed by atoms with Crippen molar-refractivity contribution in [1.82, 2.24) is 9.88 Å². The maximum Gasteiger partial charge on any atom is 0.416 e. The summed E-state index contributed by atoms with van der Waals surface area (Å²) in [6.45, 7) is 7.34. The number of nitrogens with zero attached hydrogens (tertiary/aromatic N) is 2. The maximum absolute atomic E-state index is 15.0. The van der Waals surface area contributed by atoms with Gasteiger partial charge in [0.25, 0.3) is 0 Å². The van der Waals surface area contributed by atoms with Crippen LogP contribution in [-0.2, 0) is 0 Å². The smallest absolute Gasteiger partial charge is 0.416 e. The highest BCUT2D eigenvalue weighted by Gasteiger charge is 2.33. The van der Waals surface area contributed by atoms with Gasteiger partial charge in [-0.15, -0.1) is 0 Å². The first-order valence-electron chi connectivity index (χ1n) is 11.6. The van der Waals surface area contributed by atoms with Gasteiger partial charge in [-0.3, -0.25) is 0 Å². The molecule has 35 heavy (non-hydrogen) atoms. The van der Waals surface area contributed by atoms with Crippen LogP contribution >= 0.6 is 0 Å². The van der Waals surface area contributed by atoms with Crippen LogP contribution in [0.1, 0.15) is 47.0 Å². The predicted octanol–water partition coefficient (Wildman–Crippen LogP) is 7.48. The fourth-order valence-electron chi connectivity index (χ4n) is 3.78. The third-order valence-electron chi connectivity index (χ3n) is 5.61. The first-order valence-corrected chi connectivity index (χ1v) is 11.6. The van der Waals surface area contributed by atoms with Crippen LogP contribution in [0.3, 0.4) is 0 Å². The van der Waals surface area contributed by atoms with Crippen LogP contribution in [0.25, 0.3) is 0 Å². The summed E-state index contributed by atoms with van der Waals surface area (Å²) in [5.41, 5.74) is 0.838. The number of aromatic nitrogens is 1. The monoisotopic (exact) mass is 494 g/mol. The van der Waals surface area contributed by atoms with Crippen molar-refractivity contribution >= 4 is 0 Å². The molecule has 1 aliphatic heterocycles. The highest BCUT2D eigenvalue weighted by molar-refractivity contribution is 5.55. The summed E-state index contributed by atoms with van der Waals surface area (Å²) in [4.78, 5) is 6.15. The van der Waals surface area contributed by atoms with Crippen LogP contribution in [0.4, 0.5) is 17.6 Å². The number of hydrogen-bond donors (Lipinski definition) is 0. The zero-order valence-corrected chi connectivity index (χ0v) is 21.2. The van der Waals surface area contributed by atoms with Crippen LogP contribution in [0.15, 0.2) is 76.4 Å². The lowest BCUT2D eigenvalue weighted by Crippen LogP contribution is -2.36. The molecule has 1 aliphatic rings. The molecule has 1 aromatic heterocycles. The van der Waals surface area contributed by atoms with E-state index in [4.69, 9.17) is 9.47 Å². The molecule has 0 radical (unpaired) electrons. The van der Waals surface area contributed by atoms with Gasteiger partial charge >= 0.3 is 6.18 Å². The minimum absolute atomic E-state index is 0.110. The second-order valence-corrected chi connectivity index (χ2v) is 8.45.